The predicted molar refractivity (Wildman–Crippen MR) is 121 cm³/mol. The van der Waals surface area contributed by atoms with Crippen molar-refractivity contribution in [3.8, 4) is 5.75 Å². The van der Waals surface area contributed by atoms with Gasteiger partial charge in [0.2, 0.25) is 11.8 Å². The van der Waals surface area contributed by atoms with Gasteiger partial charge >= 0.3 is 5.97 Å². The predicted octanol–water partition coefficient (Wildman–Crippen LogP) is 3.29. The molecule has 2 aromatic carbocycles. The van der Waals surface area contributed by atoms with Crippen LogP contribution in [-0.2, 0) is 14.3 Å². The molecule has 6 atom stereocenters. The van der Waals surface area contributed by atoms with Crippen LogP contribution in [0.2, 0.25) is 0 Å². The number of esters is 1. The summed E-state index contributed by atoms with van der Waals surface area (Å²) in [6.07, 6.45) is 5.40. The van der Waals surface area contributed by atoms with Gasteiger partial charge in [0.05, 0.1) is 30.2 Å². The Kier molecular flexibility index (Phi) is 4.69. The van der Waals surface area contributed by atoms with Crippen molar-refractivity contribution >= 4 is 29.3 Å². The van der Waals surface area contributed by atoms with Gasteiger partial charge in [-0.15, -0.1) is 0 Å². The maximum atomic E-state index is 13.2. The molecule has 0 radical (unpaired) electrons. The minimum Gasteiger partial charge on any atom is -0.497 e. The van der Waals surface area contributed by atoms with Crippen LogP contribution in [0, 0.1) is 35.5 Å². The highest BCUT2D eigenvalue weighted by Gasteiger charge is 2.67. The van der Waals surface area contributed by atoms with E-state index >= 15 is 0 Å². The van der Waals surface area contributed by atoms with E-state index in [4.69, 9.17) is 9.47 Å². The Morgan fingerprint density at radius 3 is 1.97 bits per heavy atom. The number of carbonyl (C=O) groups is 4. The van der Waals surface area contributed by atoms with Crippen molar-refractivity contribution in [1.29, 1.82) is 0 Å². The van der Waals surface area contributed by atoms with Crippen LogP contribution in [0.3, 0.4) is 0 Å². The van der Waals surface area contributed by atoms with E-state index in [1.165, 1.54) is 24.1 Å². The van der Waals surface area contributed by atoms with Crippen molar-refractivity contribution in [3.05, 3.63) is 71.8 Å². The van der Waals surface area contributed by atoms with Gasteiger partial charge in [0, 0.05) is 5.56 Å². The number of Topliss-reactive ketones (excluding diaryl/α,β-unsaturated/α-hetero) is 1. The number of ether oxygens (including phenoxy) is 2. The fraction of sp³-hybridized carbons (Fsp3) is 0.333. The van der Waals surface area contributed by atoms with Gasteiger partial charge < -0.3 is 9.47 Å². The standard InChI is InChI=1S/C27H23NO6/c1-33-17-8-4-14(5-9-17)22(29)13-34-27(32)15-2-6-16(7-3-15)28-25(30)23-18-10-11-19(21-12-20(18)21)24(23)26(28)31/h2-11,18-21,23-24H,12-13H2,1H3/t18-,19-,20-,21-,23-,24+/m1/s1. The molecule has 2 aromatic rings. The number of rotatable bonds is 6. The summed E-state index contributed by atoms with van der Waals surface area (Å²) in [6, 6.07) is 12.7. The van der Waals surface area contributed by atoms with Gasteiger partial charge in [0.15, 0.2) is 12.4 Å². The number of amides is 2. The summed E-state index contributed by atoms with van der Waals surface area (Å²) in [5.74, 6) is 0.270. The molecule has 4 aliphatic carbocycles. The van der Waals surface area contributed by atoms with Crippen molar-refractivity contribution < 1.29 is 28.7 Å². The smallest absolute Gasteiger partial charge is 0.338 e. The van der Waals surface area contributed by atoms with E-state index in [0.29, 0.717) is 28.8 Å². The van der Waals surface area contributed by atoms with E-state index in [1.807, 2.05) is 0 Å². The summed E-state index contributed by atoms with van der Waals surface area (Å²) < 4.78 is 10.2. The Hall–Kier alpha value is -3.74. The minimum absolute atomic E-state index is 0.139. The normalized spacial score (nSPS) is 30.1. The maximum Gasteiger partial charge on any atom is 0.338 e. The van der Waals surface area contributed by atoms with Crippen LogP contribution in [0.4, 0.5) is 5.69 Å². The van der Waals surface area contributed by atoms with Crippen LogP contribution in [-0.4, -0.2) is 37.3 Å². The first kappa shape index (κ1) is 20.8. The molecule has 1 saturated heterocycles. The number of imide groups is 1. The van der Waals surface area contributed by atoms with E-state index in [2.05, 4.69) is 12.2 Å². The molecule has 7 nitrogen and oxygen atoms in total. The number of nitrogens with zero attached hydrogens (tertiary/aromatic N) is 1. The van der Waals surface area contributed by atoms with Crippen molar-refractivity contribution in [2.45, 2.75) is 6.42 Å². The number of ketones is 1. The SMILES string of the molecule is COc1ccc(C(=O)COC(=O)c2ccc(N3C(=O)[C@@H]4[C@@H]5C=C[C@H]([C@H]6C[C@H]56)[C@@H]4C3=O)cc2)cc1. The molecule has 34 heavy (non-hydrogen) atoms. The van der Waals surface area contributed by atoms with Gasteiger partial charge in [-0.3, -0.25) is 19.3 Å². The van der Waals surface area contributed by atoms with Crippen LogP contribution in [0.25, 0.3) is 0 Å². The summed E-state index contributed by atoms with van der Waals surface area (Å²) in [4.78, 5) is 52.4. The van der Waals surface area contributed by atoms with Crippen LogP contribution in [0.5, 0.6) is 5.75 Å². The maximum absolute atomic E-state index is 13.2. The molecular weight excluding hydrogens is 434 g/mol. The third-order valence-electron chi connectivity index (χ3n) is 7.77. The Labute approximate surface area is 196 Å². The lowest BCUT2D eigenvalue weighted by molar-refractivity contribution is -0.124. The number of methoxy groups -OCH3 is 1. The molecular formula is C27H23NO6. The Morgan fingerprint density at radius 2 is 1.41 bits per heavy atom. The van der Waals surface area contributed by atoms with E-state index < -0.39 is 12.6 Å². The van der Waals surface area contributed by atoms with Crippen molar-refractivity contribution in [3.63, 3.8) is 0 Å². The van der Waals surface area contributed by atoms with E-state index in [1.54, 1.807) is 36.4 Å². The van der Waals surface area contributed by atoms with Crippen LogP contribution >= 0.6 is 0 Å². The molecule has 2 bridgehead atoms. The molecule has 2 saturated carbocycles. The van der Waals surface area contributed by atoms with Gasteiger partial charge in [-0.1, -0.05) is 12.2 Å². The second kappa shape index (κ2) is 7.65. The molecule has 0 spiro atoms. The van der Waals surface area contributed by atoms with Crippen LogP contribution in [0.1, 0.15) is 27.1 Å². The third-order valence-corrected chi connectivity index (χ3v) is 7.77. The van der Waals surface area contributed by atoms with Crippen molar-refractivity contribution in [2.24, 2.45) is 35.5 Å². The first-order chi connectivity index (χ1) is 16.5. The van der Waals surface area contributed by atoms with Gasteiger partial charge in [0.25, 0.3) is 0 Å². The molecule has 0 unspecified atom stereocenters. The fourth-order valence-corrected chi connectivity index (χ4v) is 6.03. The van der Waals surface area contributed by atoms with Gasteiger partial charge in [-0.2, -0.15) is 0 Å². The number of anilines is 1. The summed E-state index contributed by atoms with van der Waals surface area (Å²) in [5, 5.41) is 0. The lowest BCUT2D eigenvalue weighted by atomic mass is 9.63. The Balaban J connectivity index is 1.12. The monoisotopic (exact) mass is 457 g/mol. The zero-order valence-electron chi connectivity index (χ0n) is 18.5. The molecule has 172 valence electrons. The minimum atomic E-state index is -0.650. The Bertz CT molecular complexity index is 1190. The lowest BCUT2D eigenvalue weighted by Crippen LogP contribution is -2.40. The highest BCUT2D eigenvalue weighted by atomic mass is 16.5. The first-order valence-corrected chi connectivity index (χ1v) is 11.5. The summed E-state index contributed by atoms with van der Waals surface area (Å²) >= 11 is 0. The van der Waals surface area contributed by atoms with Crippen LogP contribution in [0.15, 0.2) is 60.7 Å². The lowest BCUT2D eigenvalue weighted by Gasteiger charge is -2.37. The quantitative estimate of drug-likeness (QED) is 0.286. The van der Waals surface area contributed by atoms with Gasteiger partial charge in [-0.25, -0.2) is 4.79 Å². The van der Waals surface area contributed by atoms with Crippen molar-refractivity contribution in [1.82, 2.24) is 0 Å². The fourth-order valence-electron chi connectivity index (χ4n) is 6.03. The van der Waals surface area contributed by atoms with Crippen LogP contribution < -0.4 is 9.64 Å². The molecule has 1 aliphatic heterocycles. The number of allylic oxidation sites excluding steroid dienone is 2. The molecule has 0 aromatic heterocycles. The summed E-state index contributed by atoms with van der Waals surface area (Å²) in [6.45, 7) is -0.391. The highest BCUT2D eigenvalue weighted by Crippen LogP contribution is 2.65. The first-order valence-electron chi connectivity index (χ1n) is 11.5. The zero-order chi connectivity index (χ0) is 23.6. The molecule has 7 heteroatoms. The molecule has 7 rings (SSSR count). The third kappa shape index (κ3) is 3.10. The van der Waals surface area contributed by atoms with E-state index in [-0.39, 0.29) is 46.8 Å². The van der Waals surface area contributed by atoms with Gasteiger partial charge in [0.1, 0.15) is 5.75 Å². The molecule has 0 N–H and O–H groups in total. The largest absolute Gasteiger partial charge is 0.497 e. The number of hydrogen-bond donors (Lipinski definition) is 0. The van der Waals surface area contributed by atoms with E-state index in [9.17, 15) is 19.2 Å². The number of carbonyl (C=O) groups excluding carboxylic acids is 4. The second-order valence-electron chi connectivity index (χ2n) is 9.44. The average Bonchev–Trinajstić information content (AvgIpc) is 3.65. The van der Waals surface area contributed by atoms with Crippen molar-refractivity contribution in [2.75, 3.05) is 18.6 Å². The molecule has 3 fully saturated rings. The summed E-state index contributed by atoms with van der Waals surface area (Å²) in [5.41, 5.74) is 1.12. The Morgan fingerprint density at radius 1 is 0.853 bits per heavy atom. The van der Waals surface area contributed by atoms with E-state index in [0.717, 1.165) is 6.42 Å². The number of hydrogen-bond acceptors (Lipinski definition) is 6. The molecule has 5 aliphatic rings. The zero-order valence-corrected chi connectivity index (χ0v) is 18.5. The second-order valence-corrected chi connectivity index (χ2v) is 9.44. The molecule has 2 amide bonds. The topological polar surface area (TPSA) is 90.0 Å². The number of benzene rings is 2. The summed E-state index contributed by atoms with van der Waals surface area (Å²) in [7, 11) is 1.54. The van der Waals surface area contributed by atoms with Gasteiger partial charge in [-0.05, 0) is 78.6 Å². The average molecular weight is 457 g/mol. The highest BCUT2D eigenvalue weighted by molar-refractivity contribution is 6.22. The molecule has 1 heterocycles.